The lowest BCUT2D eigenvalue weighted by Gasteiger charge is -2.19. The number of alkyl carbamates (subject to hydrolysis) is 1. The molecule has 2 aromatic carbocycles. The number of thiazole rings is 1. The number of nitrogens with zero attached hydrogens (tertiary/aromatic N) is 1. The van der Waals surface area contributed by atoms with Crippen molar-refractivity contribution in [2.45, 2.75) is 18.4 Å². The Bertz CT molecular complexity index is 1220. The third kappa shape index (κ3) is 5.42. The number of rotatable bonds is 7. The number of fused-ring (bicyclic) bond motifs is 3. The van der Waals surface area contributed by atoms with Gasteiger partial charge in [-0.15, -0.1) is 11.3 Å². The number of hydrogen-bond acceptors (Lipinski definition) is 6. The number of carboxylic acid groups (broad SMARTS) is 1. The smallest absolute Gasteiger partial charge is 0.407 e. The summed E-state index contributed by atoms with van der Waals surface area (Å²) in [4.78, 5) is 40.6. The monoisotopic (exact) mass is 475 g/mol. The zero-order valence-electron chi connectivity index (χ0n) is 18.0. The van der Waals surface area contributed by atoms with Crippen molar-refractivity contribution in [2.75, 3.05) is 13.2 Å². The topological polar surface area (TPSA) is 118 Å². The average Bonchev–Trinajstić information content (AvgIpc) is 3.46. The number of carbonyl (C=O) groups is 3. The molecule has 1 aliphatic carbocycles. The molecule has 0 saturated heterocycles. The molecule has 2 amide bonds. The summed E-state index contributed by atoms with van der Waals surface area (Å²) in [7, 11) is 0. The van der Waals surface area contributed by atoms with Crippen LogP contribution in [0, 0.1) is 11.8 Å². The Morgan fingerprint density at radius 2 is 1.76 bits per heavy atom. The van der Waals surface area contributed by atoms with Gasteiger partial charge in [-0.1, -0.05) is 54.5 Å². The van der Waals surface area contributed by atoms with Crippen LogP contribution in [0.15, 0.2) is 60.2 Å². The molecule has 9 heteroatoms. The number of hydrogen-bond donors (Lipinski definition) is 3. The van der Waals surface area contributed by atoms with Gasteiger partial charge in [0.15, 0.2) is 0 Å². The van der Waals surface area contributed by atoms with Gasteiger partial charge in [0.2, 0.25) is 5.91 Å². The van der Waals surface area contributed by atoms with E-state index >= 15 is 0 Å². The summed E-state index contributed by atoms with van der Waals surface area (Å²) in [6.07, 6.45) is 1.12. The lowest BCUT2D eigenvalue weighted by molar-refractivity contribution is -0.130. The zero-order valence-corrected chi connectivity index (χ0v) is 18.8. The Balaban J connectivity index is 1.41. The Labute approximate surface area is 200 Å². The summed E-state index contributed by atoms with van der Waals surface area (Å²) in [5.74, 6) is 2.37. The molecule has 4 rings (SSSR count). The van der Waals surface area contributed by atoms with Crippen LogP contribution in [0.2, 0.25) is 0 Å². The number of carboxylic acids is 1. The number of ether oxygens (including phenoxy) is 1. The van der Waals surface area contributed by atoms with Gasteiger partial charge in [0.05, 0.1) is 12.1 Å². The van der Waals surface area contributed by atoms with Crippen LogP contribution in [0.5, 0.6) is 0 Å². The molecule has 1 unspecified atom stereocenters. The lowest BCUT2D eigenvalue weighted by atomic mass is 9.98. The van der Waals surface area contributed by atoms with E-state index in [2.05, 4.69) is 33.7 Å². The maximum atomic E-state index is 12.7. The molecule has 0 spiro atoms. The van der Waals surface area contributed by atoms with Crippen molar-refractivity contribution in [1.82, 2.24) is 15.6 Å². The third-order valence-electron chi connectivity index (χ3n) is 5.39. The van der Waals surface area contributed by atoms with Crippen molar-refractivity contribution in [3.63, 3.8) is 0 Å². The number of aromatic nitrogens is 1. The van der Waals surface area contributed by atoms with Crippen LogP contribution >= 0.6 is 11.3 Å². The van der Waals surface area contributed by atoms with Crippen LogP contribution < -0.4 is 10.6 Å². The van der Waals surface area contributed by atoms with E-state index in [-0.39, 0.29) is 25.5 Å². The van der Waals surface area contributed by atoms with Crippen LogP contribution in [0.25, 0.3) is 11.1 Å². The first-order valence-corrected chi connectivity index (χ1v) is 11.4. The van der Waals surface area contributed by atoms with Crippen LogP contribution in [0.1, 0.15) is 21.9 Å². The minimum absolute atomic E-state index is 0.0989. The first-order valence-electron chi connectivity index (χ1n) is 10.5. The molecule has 0 radical (unpaired) electrons. The second-order valence-electron chi connectivity index (χ2n) is 7.52. The molecule has 1 aromatic heterocycles. The zero-order chi connectivity index (χ0) is 23.9. The van der Waals surface area contributed by atoms with Crippen LogP contribution in [-0.4, -0.2) is 47.3 Å². The van der Waals surface area contributed by atoms with Crippen molar-refractivity contribution >= 4 is 29.3 Å². The predicted octanol–water partition coefficient (Wildman–Crippen LogP) is 2.80. The van der Waals surface area contributed by atoms with Crippen LogP contribution in [0.4, 0.5) is 4.79 Å². The van der Waals surface area contributed by atoms with E-state index in [4.69, 9.17) is 9.84 Å². The second-order valence-corrected chi connectivity index (χ2v) is 8.49. The van der Waals surface area contributed by atoms with Gasteiger partial charge in [-0.2, -0.15) is 0 Å². The van der Waals surface area contributed by atoms with E-state index < -0.39 is 24.0 Å². The largest absolute Gasteiger partial charge is 0.472 e. The molecule has 0 bridgehead atoms. The van der Waals surface area contributed by atoms with Crippen LogP contribution in [-0.2, 0) is 20.7 Å². The standard InChI is InChI=1S/C25H21N3O5S/c29-23(30)10-5-11-27-24(31)22(12-16-13-26-15-34-16)28-25(32)33-14-21-19-8-3-1-6-17(19)18-7-2-4-9-20(18)21/h1-4,6-9,13,15,21-22H,11-12,14H2,(H,27,31)(H,28,32)(H,29,30). The van der Waals surface area contributed by atoms with Gasteiger partial charge in [0.1, 0.15) is 12.6 Å². The van der Waals surface area contributed by atoms with E-state index in [0.717, 1.165) is 27.1 Å². The van der Waals surface area contributed by atoms with Gasteiger partial charge in [-0.05, 0) is 22.3 Å². The molecule has 172 valence electrons. The maximum absolute atomic E-state index is 12.7. The van der Waals surface area contributed by atoms with Crippen molar-refractivity contribution < 1.29 is 24.2 Å². The number of aliphatic carboxylic acids is 1. The number of carbonyl (C=O) groups excluding carboxylic acids is 2. The summed E-state index contributed by atoms with van der Waals surface area (Å²) in [6.45, 7) is -0.0322. The fourth-order valence-electron chi connectivity index (χ4n) is 3.91. The van der Waals surface area contributed by atoms with Crippen molar-refractivity contribution in [3.8, 4) is 23.0 Å². The summed E-state index contributed by atoms with van der Waals surface area (Å²) >= 11 is 1.36. The Morgan fingerprint density at radius 1 is 1.09 bits per heavy atom. The van der Waals surface area contributed by atoms with Gasteiger partial charge in [-0.25, -0.2) is 9.59 Å². The Hall–Kier alpha value is -4.16. The third-order valence-corrected chi connectivity index (χ3v) is 6.19. The molecule has 0 aliphatic heterocycles. The summed E-state index contributed by atoms with van der Waals surface area (Å²) < 4.78 is 5.55. The highest BCUT2D eigenvalue weighted by atomic mass is 32.1. The highest BCUT2D eigenvalue weighted by Crippen LogP contribution is 2.44. The molecule has 1 aliphatic rings. The second kappa shape index (κ2) is 10.6. The lowest BCUT2D eigenvalue weighted by Crippen LogP contribution is -2.48. The van der Waals surface area contributed by atoms with Crippen molar-refractivity contribution in [2.24, 2.45) is 0 Å². The number of amides is 2. The van der Waals surface area contributed by atoms with E-state index in [1.165, 1.54) is 11.3 Å². The SMILES string of the molecule is O=C(O)C#CCNC(=O)C(Cc1cncs1)NC(=O)OCC1c2ccccc2-c2ccccc21. The maximum Gasteiger partial charge on any atom is 0.407 e. The molecule has 1 heterocycles. The molecular formula is C25H21N3O5S. The van der Waals surface area contributed by atoms with E-state index in [0.29, 0.717) is 0 Å². The molecule has 0 saturated carbocycles. The van der Waals surface area contributed by atoms with Gasteiger partial charge in [0, 0.05) is 29.3 Å². The number of benzene rings is 2. The normalized spacial score (nSPS) is 12.5. The molecule has 3 aromatic rings. The predicted molar refractivity (Wildman–Crippen MR) is 126 cm³/mol. The van der Waals surface area contributed by atoms with E-state index in [1.807, 2.05) is 42.3 Å². The molecule has 34 heavy (non-hydrogen) atoms. The minimum Gasteiger partial charge on any atom is -0.472 e. The number of nitrogens with one attached hydrogen (secondary N) is 2. The van der Waals surface area contributed by atoms with E-state index in [9.17, 15) is 14.4 Å². The molecule has 1 atom stereocenters. The summed E-state index contributed by atoms with van der Waals surface area (Å²) in [6, 6.07) is 15.1. The molecule has 8 nitrogen and oxygen atoms in total. The molecule has 3 N–H and O–H groups in total. The Morgan fingerprint density at radius 3 is 2.38 bits per heavy atom. The average molecular weight is 476 g/mol. The van der Waals surface area contributed by atoms with Gasteiger partial charge in [-0.3, -0.25) is 9.78 Å². The Kier molecular flexibility index (Phi) is 7.20. The summed E-state index contributed by atoms with van der Waals surface area (Å²) in [5, 5.41) is 13.7. The van der Waals surface area contributed by atoms with Crippen LogP contribution in [0.3, 0.4) is 0 Å². The van der Waals surface area contributed by atoms with Crippen molar-refractivity contribution in [3.05, 3.63) is 76.2 Å². The van der Waals surface area contributed by atoms with Crippen molar-refractivity contribution in [1.29, 1.82) is 0 Å². The molecular weight excluding hydrogens is 454 g/mol. The minimum atomic E-state index is -1.28. The highest BCUT2D eigenvalue weighted by molar-refractivity contribution is 7.09. The van der Waals surface area contributed by atoms with E-state index in [1.54, 1.807) is 11.7 Å². The quantitative estimate of drug-likeness (QED) is 0.453. The van der Waals surface area contributed by atoms with Gasteiger partial charge >= 0.3 is 12.1 Å². The highest BCUT2D eigenvalue weighted by Gasteiger charge is 2.30. The van der Waals surface area contributed by atoms with Gasteiger partial charge in [0.25, 0.3) is 0 Å². The molecule has 0 fully saturated rings. The fourth-order valence-corrected chi connectivity index (χ4v) is 4.55. The first kappa shape index (κ1) is 23.0. The van der Waals surface area contributed by atoms with Gasteiger partial charge < -0.3 is 20.5 Å². The fraction of sp³-hybridized carbons (Fsp3) is 0.200. The summed E-state index contributed by atoms with van der Waals surface area (Å²) in [5.41, 5.74) is 6.06. The first-order chi connectivity index (χ1) is 16.5.